The van der Waals surface area contributed by atoms with Gasteiger partial charge in [-0.15, -0.1) is 0 Å². The number of fused-ring (bicyclic) bond motifs is 3. The van der Waals surface area contributed by atoms with Crippen molar-refractivity contribution in [3.05, 3.63) is 50.6 Å². The van der Waals surface area contributed by atoms with E-state index in [4.69, 9.17) is 0 Å². The summed E-state index contributed by atoms with van der Waals surface area (Å²) >= 11 is 2.40. The lowest BCUT2D eigenvalue weighted by molar-refractivity contribution is -0.125. The summed E-state index contributed by atoms with van der Waals surface area (Å²) in [6.45, 7) is 0. The quantitative estimate of drug-likeness (QED) is 0.579. The first-order valence-electron chi connectivity index (χ1n) is 7.44. The first-order valence-corrected chi connectivity index (χ1v) is 9.13. The lowest BCUT2D eigenvalue weighted by Crippen LogP contribution is -2.31. The average molecular weight is 357 g/mol. The molecule has 5 rings (SSSR count). The molecule has 3 aromatic rings. The highest BCUT2D eigenvalue weighted by molar-refractivity contribution is 8.00. The number of hydrogen-bond donors (Lipinski definition) is 3. The lowest BCUT2D eigenvalue weighted by Gasteiger charge is -2.29. The Labute approximate surface area is 143 Å². The largest absolute Gasteiger partial charge is 0.361 e. The fourth-order valence-electron chi connectivity index (χ4n) is 3.62. The monoisotopic (exact) mass is 357 g/mol. The molecule has 2 amide bonds. The summed E-state index contributed by atoms with van der Waals surface area (Å²) in [5, 5.41) is 3.64. The number of benzene rings is 1. The van der Waals surface area contributed by atoms with Crippen LogP contribution in [0.25, 0.3) is 10.9 Å². The molecule has 6 nitrogen and oxygen atoms in total. The Hall–Kier alpha value is -2.32. The Morgan fingerprint density at radius 3 is 2.75 bits per heavy atom. The summed E-state index contributed by atoms with van der Waals surface area (Å²) in [6, 6.07) is 7.83. The first-order chi connectivity index (χ1) is 11.6. The molecule has 2 aliphatic heterocycles. The third-order valence-electron chi connectivity index (χ3n) is 4.62. The standard InChI is InChI=1S/C16H11N3O3S2/c20-13-10-9(7-5-17-8-4-2-1-3-6(7)8)12-15(19-16(22)24-12)23-11(10)14(21)18-13/h1-5,9-11,17H,(H,19,22)(H,18,20,21)/t9-,10+,11-/m0/s1. The van der Waals surface area contributed by atoms with Crippen molar-refractivity contribution < 1.29 is 9.59 Å². The van der Waals surface area contributed by atoms with E-state index in [0.717, 1.165) is 32.7 Å². The predicted octanol–water partition coefficient (Wildman–Crippen LogP) is 1.80. The van der Waals surface area contributed by atoms with E-state index in [2.05, 4.69) is 15.3 Å². The smallest absolute Gasteiger partial charge is 0.305 e. The highest BCUT2D eigenvalue weighted by atomic mass is 32.2. The van der Waals surface area contributed by atoms with E-state index < -0.39 is 11.2 Å². The maximum Gasteiger partial charge on any atom is 0.305 e. The molecule has 1 fully saturated rings. The number of H-pyrrole nitrogens is 2. The first kappa shape index (κ1) is 14.1. The molecule has 0 saturated carbocycles. The third-order valence-corrected chi connectivity index (χ3v) is 7.03. The molecular formula is C16H11N3O3S2. The summed E-state index contributed by atoms with van der Waals surface area (Å²) in [6.07, 6.45) is 1.88. The molecule has 0 radical (unpaired) electrons. The van der Waals surface area contributed by atoms with E-state index in [0.29, 0.717) is 5.03 Å². The lowest BCUT2D eigenvalue weighted by atomic mass is 9.83. The number of imide groups is 1. The highest BCUT2D eigenvalue weighted by Crippen LogP contribution is 2.51. The van der Waals surface area contributed by atoms with Crippen molar-refractivity contribution in [2.45, 2.75) is 16.2 Å². The van der Waals surface area contributed by atoms with Crippen molar-refractivity contribution in [1.29, 1.82) is 0 Å². The summed E-state index contributed by atoms with van der Waals surface area (Å²) in [5.74, 6) is -1.35. The number of amides is 2. The fourth-order valence-corrected chi connectivity index (χ4v) is 6.10. The number of aromatic amines is 2. The molecule has 24 heavy (non-hydrogen) atoms. The van der Waals surface area contributed by atoms with Gasteiger partial charge in [0.15, 0.2) is 0 Å². The van der Waals surface area contributed by atoms with Crippen LogP contribution in [-0.2, 0) is 9.59 Å². The van der Waals surface area contributed by atoms with E-state index in [9.17, 15) is 14.4 Å². The number of hydrogen-bond acceptors (Lipinski definition) is 5. The zero-order chi connectivity index (χ0) is 16.4. The van der Waals surface area contributed by atoms with Gasteiger partial charge in [0.05, 0.1) is 10.9 Å². The number of carbonyl (C=O) groups is 2. The van der Waals surface area contributed by atoms with Crippen LogP contribution in [0, 0.1) is 5.92 Å². The molecule has 4 heterocycles. The van der Waals surface area contributed by atoms with Crippen molar-refractivity contribution in [3.63, 3.8) is 0 Å². The van der Waals surface area contributed by atoms with Crippen molar-refractivity contribution >= 4 is 45.8 Å². The molecule has 0 spiro atoms. The molecule has 0 aliphatic carbocycles. The van der Waals surface area contributed by atoms with Gasteiger partial charge in [0, 0.05) is 27.9 Å². The van der Waals surface area contributed by atoms with Crippen molar-refractivity contribution in [3.8, 4) is 0 Å². The number of thioether (sulfide) groups is 1. The van der Waals surface area contributed by atoms with Gasteiger partial charge in [-0.2, -0.15) is 0 Å². The molecule has 3 atom stereocenters. The Morgan fingerprint density at radius 1 is 1.04 bits per heavy atom. The second-order valence-corrected chi connectivity index (χ2v) is 8.06. The van der Waals surface area contributed by atoms with E-state index in [1.54, 1.807) is 0 Å². The number of rotatable bonds is 1. The molecule has 2 aromatic heterocycles. The Bertz CT molecular complexity index is 1060. The second kappa shape index (κ2) is 4.84. The molecular weight excluding hydrogens is 346 g/mol. The van der Waals surface area contributed by atoms with E-state index >= 15 is 0 Å². The number of aromatic nitrogens is 2. The zero-order valence-corrected chi connectivity index (χ0v) is 13.8. The second-order valence-electron chi connectivity index (χ2n) is 5.89. The summed E-state index contributed by atoms with van der Waals surface area (Å²) in [4.78, 5) is 43.2. The van der Waals surface area contributed by atoms with Crippen LogP contribution in [0.5, 0.6) is 0 Å². The van der Waals surface area contributed by atoms with Crippen LogP contribution >= 0.6 is 23.1 Å². The van der Waals surface area contributed by atoms with Gasteiger partial charge >= 0.3 is 4.87 Å². The third kappa shape index (κ3) is 1.81. The van der Waals surface area contributed by atoms with Gasteiger partial charge in [-0.05, 0) is 11.6 Å². The topological polar surface area (TPSA) is 94.8 Å². The normalized spacial score (nSPS) is 25.6. The van der Waals surface area contributed by atoms with E-state index in [-0.39, 0.29) is 22.6 Å². The maximum atomic E-state index is 12.4. The minimum atomic E-state index is -0.506. The van der Waals surface area contributed by atoms with Gasteiger partial charge < -0.3 is 9.97 Å². The van der Waals surface area contributed by atoms with Crippen molar-refractivity contribution in [1.82, 2.24) is 15.3 Å². The van der Waals surface area contributed by atoms with Gasteiger partial charge in [0.2, 0.25) is 11.8 Å². The van der Waals surface area contributed by atoms with Crippen LogP contribution in [0.1, 0.15) is 16.4 Å². The van der Waals surface area contributed by atoms with E-state index in [1.165, 1.54) is 11.8 Å². The minimum Gasteiger partial charge on any atom is -0.361 e. The van der Waals surface area contributed by atoms with Gasteiger partial charge in [-0.25, -0.2) is 0 Å². The van der Waals surface area contributed by atoms with Gasteiger partial charge in [-0.1, -0.05) is 41.3 Å². The minimum absolute atomic E-state index is 0.162. The number of carbonyl (C=O) groups excluding carboxylic acids is 2. The van der Waals surface area contributed by atoms with Crippen LogP contribution in [0.2, 0.25) is 0 Å². The van der Waals surface area contributed by atoms with Crippen molar-refractivity contribution in [2.24, 2.45) is 5.92 Å². The van der Waals surface area contributed by atoms with Crippen LogP contribution in [0.3, 0.4) is 0 Å². The summed E-state index contributed by atoms with van der Waals surface area (Å²) in [5.41, 5.74) is 1.92. The molecule has 1 saturated heterocycles. The number of para-hydroxylation sites is 1. The van der Waals surface area contributed by atoms with Crippen molar-refractivity contribution in [2.75, 3.05) is 0 Å². The molecule has 3 N–H and O–H groups in total. The SMILES string of the molecule is O=C1NC(=O)[C@H]2Sc3[nH]c(=O)sc3[C@@H](c3c[nH]c4ccccc34)[C@@H]12. The van der Waals surface area contributed by atoms with Crippen LogP contribution in [-0.4, -0.2) is 27.0 Å². The van der Waals surface area contributed by atoms with Gasteiger partial charge in [-0.3, -0.25) is 19.7 Å². The van der Waals surface area contributed by atoms with Crippen LogP contribution < -0.4 is 10.2 Å². The Morgan fingerprint density at radius 2 is 1.88 bits per heavy atom. The van der Waals surface area contributed by atoms with Crippen LogP contribution in [0.15, 0.2) is 40.3 Å². The number of nitrogens with one attached hydrogen (secondary N) is 3. The molecule has 1 aromatic carbocycles. The summed E-state index contributed by atoms with van der Waals surface area (Å²) in [7, 11) is 0. The van der Waals surface area contributed by atoms with Gasteiger partial charge in [0.1, 0.15) is 5.25 Å². The fraction of sp³-hybridized carbons (Fsp3) is 0.188. The predicted molar refractivity (Wildman–Crippen MR) is 91.4 cm³/mol. The molecule has 0 bridgehead atoms. The van der Waals surface area contributed by atoms with E-state index in [1.807, 2.05) is 30.5 Å². The average Bonchev–Trinajstić information content (AvgIpc) is 3.22. The molecule has 120 valence electrons. The Balaban J connectivity index is 1.79. The molecule has 2 aliphatic rings. The van der Waals surface area contributed by atoms with Gasteiger partial charge in [0.25, 0.3) is 0 Å². The number of thiazole rings is 1. The van der Waals surface area contributed by atoms with Crippen LogP contribution in [0.4, 0.5) is 0 Å². The molecule has 8 heteroatoms. The molecule has 0 unspecified atom stereocenters. The zero-order valence-electron chi connectivity index (χ0n) is 12.2. The maximum absolute atomic E-state index is 12.4. The Kier molecular flexibility index (Phi) is 2.84. The highest BCUT2D eigenvalue weighted by Gasteiger charge is 2.52. The summed E-state index contributed by atoms with van der Waals surface area (Å²) < 4.78 is 0.